The van der Waals surface area contributed by atoms with Gasteiger partial charge in [-0.15, -0.1) is 0 Å². The number of ketones is 1. The molecule has 0 saturated carbocycles. The molecule has 0 saturated heterocycles. The van der Waals surface area contributed by atoms with Crippen LogP contribution in [0.2, 0.25) is 0 Å². The summed E-state index contributed by atoms with van der Waals surface area (Å²) in [6, 6.07) is 0. The van der Waals surface area contributed by atoms with Gasteiger partial charge in [0.05, 0.1) is 0 Å². The summed E-state index contributed by atoms with van der Waals surface area (Å²) < 4.78 is 63.5. The lowest BCUT2D eigenvalue weighted by atomic mass is 9.86. The van der Waals surface area contributed by atoms with Gasteiger partial charge in [0.25, 0.3) is 0 Å². The van der Waals surface area contributed by atoms with Gasteiger partial charge < -0.3 is 0 Å². The smallest absolute Gasteiger partial charge is 0.287 e. The summed E-state index contributed by atoms with van der Waals surface area (Å²) in [7, 11) is 0. The van der Waals surface area contributed by atoms with Gasteiger partial charge >= 0.3 is 12.1 Å². The molecule has 1 nitrogen and oxygen atoms in total. The van der Waals surface area contributed by atoms with Crippen LogP contribution in [0, 0.1) is 34.6 Å². The van der Waals surface area contributed by atoms with Crippen molar-refractivity contribution in [2.45, 2.75) is 46.7 Å². The number of halogens is 5. The first-order valence-corrected chi connectivity index (χ1v) is 5.90. The highest BCUT2D eigenvalue weighted by Crippen LogP contribution is 2.40. The van der Waals surface area contributed by atoms with E-state index in [1.54, 1.807) is 20.8 Å². The van der Waals surface area contributed by atoms with Gasteiger partial charge in [0.2, 0.25) is 5.78 Å². The second-order valence-electron chi connectivity index (χ2n) is 4.90. The molecular formula is C14H15F5O. The van der Waals surface area contributed by atoms with Crippen molar-refractivity contribution in [2.75, 3.05) is 0 Å². The minimum Gasteiger partial charge on any atom is -0.287 e. The molecule has 112 valence electrons. The fourth-order valence-corrected chi connectivity index (χ4v) is 2.13. The zero-order valence-electron chi connectivity index (χ0n) is 11.8. The lowest BCUT2D eigenvalue weighted by molar-refractivity contribution is -0.255. The average Bonchev–Trinajstić information content (AvgIpc) is 2.32. The predicted octanol–water partition coefficient (Wildman–Crippen LogP) is 4.61. The van der Waals surface area contributed by atoms with Gasteiger partial charge in [-0.3, -0.25) is 4.79 Å². The summed E-state index contributed by atoms with van der Waals surface area (Å²) in [4.78, 5) is 11.7. The highest BCUT2D eigenvalue weighted by molar-refractivity contribution is 6.04. The normalized spacial score (nSPS) is 12.7. The minimum absolute atomic E-state index is 0.166. The molecule has 0 aliphatic rings. The summed E-state index contributed by atoms with van der Waals surface area (Å²) >= 11 is 0. The van der Waals surface area contributed by atoms with Crippen molar-refractivity contribution >= 4 is 5.78 Å². The van der Waals surface area contributed by atoms with Crippen LogP contribution in [0.25, 0.3) is 0 Å². The number of hydrogen-bond donors (Lipinski definition) is 0. The Balaban J connectivity index is 3.62. The molecule has 0 bridgehead atoms. The Morgan fingerprint density at radius 1 is 0.700 bits per heavy atom. The second-order valence-corrected chi connectivity index (χ2v) is 4.90. The maximum atomic E-state index is 13.3. The fourth-order valence-electron chi connectivity index (χ4n) is 2.13. The largest absolute Gasteiger partial charge is 0.461 e. The molecule has 6 heteroatoms. The highest BCUT2D eigenvalue weighted by atomic mass is 19.4. The second kappa shape index (κ2) is 4.82. The summed E-state index contributed by atoms with van der Waals surface area (Å²) in [5, 5.41) is 0. The molecule has 1 aromatic rings. The molecule has 0 radical (unpaired) electrons. The third-order valence-electron chi connectivity index (χ3n) is 3.87. The minimum atomic E-state index is -5.89. The van der Waals surface area contributed by atoms with Crippen LogP contribution in [0.1, 0.15) is 38.2 Å². The first kappa shape index (κ1) is 16.6. The van der Waals surface area contributed by atoms with Crippen molar-refractivity contribution in [3.63, 3.8) is 0 Å². The van der Waals surface area contributed by atoms with Gasteiger partial charge in [-0.1, -0.05) is 0 Å². The van der Waals surface area contributed by atoms with E-state index >= 15 is 0 Å². The Morgan fingerprint density at radius 3 is 1.30 bits per heavy atom. The van der Waals surface area contributed by atoms with E-state index in [4.69, 9.17) is 0 Å². The van der Waals surface area contributed by atoms with Crippen LogP contribution >= 0.6 is 0 Å². The van der Waals surface area contributed by atoms with Gasteiger partial charge in [-0.25, -0.2) is 0 Å². The van der Waals surface area contributed by atoms with Crippen molar-refractivity contribution < 1.29 is 26.7 Å². The quantitative estimate of drug-likeness (QED) is 0.575. The Labute approximate surface area is 113 Å². The summed E-state index contributed by atoms with van der Waals surface area (Å²) in [5.74, 6) is -7.57. The third-order valence-corrected chi connectivity index (χ3v) is 3.87. The van der Waals surface area contributed by atoms with Gasteiger partial charge in [-0.2, -0.15) is 22.0 Å². The highest BCUT2D eigenvalue weighted by Gasteiger charge is 2.63. The summed E-state index contributed by atoms with van der Waals surface area (Å²) in [6.45, 7) is 7.70. The number of hydrogen-bond acceptors (Lipinski definition) is 1. The molecule has 0 spiro atoms. The third kappa shape index (κ3) is 2.31. The van der Waals surface area contributed by atoms with Crippen LogP contribution in [0.4, 0.5) is 22.0 Å². The molecule has 0 aromatic heterocycles. The van der Waals surface area contributed by atoms with E-state index in [-0.39, 0.29) is 11.1 Å². The van der Waals surface area contributed by atoms with Crippen LogP contribution in [-0.4, -0.2) is 17.9 Å². The van der Waals surface area contributed by atoms with E-state index in [9.17, 15) is 26.7 Å². The van der Waals surface area contributed by atoms with E-state index in [1.165, 1.54) is 13.8 Å². The van der Waals surface area contributed by atoms with Crippen LogP contribution in [-0.2, 0) is 0 Å². The Bertz CT molecular complexity index is 541. The van der Waals surface area contributed by atoms with E-state index < -0.39 is 23.4 Å². The maximum Gasteiger partial charge on any atom is 0.461 e. The molecule has 0 unspecified atom stereocenters. The van der Waals surface area contributed by atoms with Gasteiger partial charge in [0.1, 0.15) is 0 Å². The monoisotopic (exact) mass is 294 g/mol. The SMILES string of the molecule is Cc1c(C)c(C)c(C(=O)C(F)(F)C(F)(F)F)c(C)c1C. The maximum absolute atomic E-state index is 13.3. The number of alkyl halides is 5. The van der Waals surface area contributed by atoms with E-state index in [1.807, 2.05) is 0 Å². The molecule has 0 heterocycles. The van der Waals surface area contributed by atoms with Crippen molar-refractivity contribution in [1.82, 2.24) is 0 Å². The lowest BCUT2D eigenvalue weighted by Crippen LogP contribution is -2.44. The Kier molecular flexibility index (Phi) is 4.00. The average molecular weight is 294 g/mol. The van der Waals surface area contributed by atoms with Crippen molar-refractivity contribution in [3.05, 3.63) is 33.4 Å². The predicted molar refractivity (Wildman–Crippen MR) is 65.5 cm³/mol. The first-order chi connectivity index (χ1) is 8.84. The van der Waals surface area contributed by atoms with Crippen molar-refractivity contribution in [2.24, 2.45) is 0 Å². The first-order valence-electron chi connectivity index (χ1n) is 5.90. The fraction of sp³-hybridized carbons (Fsp3) is 0.500. The van der Waals surface area contributed by atoms with Crippen LogP contribution in [0.3, 0.4) is 0 Å². The van der Waals surface area contributed by atoms with Crippen molar-refractivity contribution in [1.29, 1.82) is 0 Å². The number of carbonyl (C=O) groups is 1. The molecule has 20 heavy (non-hydrogen) atoms. The Morgan fingerprint density at radius 2 is 1.00 bits per heavy atom. The standard InChI is InChI=1S/C14H15F5O/c1-6-7(2)9(4)11(10(5)8(6)3)12(20)13(15,16)14(17,18)19/h1-5H3. The number of rotatable bonds is 2. The molecule has 0 aliphatic carbocycles. The number of carbonyl (C=O) groups excluding carboxylic acids is 1. The van der Waals surface area contributed by atoms with Gasteiger partial charge in [0.15, 0.2) is 0 Å². The molecule has 1 aromatic carbocycles. The van der Waals surface area contributed by atoms with Crippen LogP contribution in [0.5, 0.6) is 0 Å². The summed E-state index contributed by atoms with van der Waals surface area (Å²) in [5.41, 5.74) is 1.68. The molecule has 0 fully saturated rings. The molecule has 0 aliphatic heterocycles. The molecular weight excluding hydrogens is 279 g/mol. The molecule has 0 N–H and O–H groups in total. The van der Waals surface area contributed by atoms with Crippen LogP contribution < -0.4 is 0 Å². The van der Waals surface area contributed by atoms with E-state index in [0.717, 1.165) is 5.56 Å². The summed E-state index contributed by atoms with van der Waals surface area (Å²) in [6.07, 6.45) is -5.89. The molecule has 0 atom stereocenters. The van der Waals surface area contributed by atoms with Gasteiger partial charge in [-0.05, 0) is 62.4 Å². The van der Waals surface area contributed by atoms with E-state index in [0.29, 0.717) is 11.1 Å². The van der Waals surface area contributed by atoms with Crippen molar-refractivity contribution in [3.8, 4) is 0 Å². The number of benzene rings is 1. The van der Waals surface area contributed by atoms with E-state index in [2.05, 4.69) is 0 Å². The van der Waals surface area contributed by atoms with Crippen LogP contribution in [0.15, 0.2) is 0 Å². The Hall–Kier alpha value is -1.46. The zero-order chi connectivity index (χ0) is 16.0. The van der Waals surface area contributed by atoms with Gasteiger partial charge in [0, 0.05) is 5.56 Å². The zero-order valence-corrected chi connectivity index (χ0v) is 11.8. The topological polar surface area (TPSA) is 17.1 Å². The number of Topliss-reactive ketones (excluding diaryl/α,β-unsaturated/α-hetero) is 1. The molecule has 0 amide bonds. The lowest BCUT2D eigenvalue weighted by Gasteiger charge is -2.23. The molecule has 1 rings (SSSR count).